The lowest BCUT2D eigenvalue weighted by Gasteiger charge is -2.33. The first-order chi connectivity index (χ1) is 11.3. The van der Waals surface area contributed by atoms with Crippen LogP contribution in [0.1, 0.15) is 38.2 Å². The number of esters is 1. The molecule has 0 saturated heterocycles. The van der Waals surface area contributed by atoms with Gasteiger partial charge in [0.15, 0.2) is 11.5 Å². The van der Waals surface area contributed by atoms with Crippen LogP contribution in [0.2, 0.25) is 0 Å². The number of ether oxygens (including phenoxy) is 2. The van der Waals surface area contributed by atoms with Crippen molar-refractivity contribution in [1.82, 2.24) is 0 Å². The first-order valence-corrected chi connectivity index (χ1v) is 7.83. The van der Waals surface area contributed by atoms with E-state index >= 15 is 0 Å². The largest absolute Gasteiger partial charge is 0.504 e. The van der Waals surface area contributed by atoms with Crippen LogP contribution in [0.4, 0.5) is 0 Å². The Bertz CT molecular complexity index is 641. The predicted octanol–water partition coefficient (Wildman–Crippen LogP) is 2.99. The number of carboxylic acid groups (broad SMARTS) is 1. The van der Waals surface area contributed by atoms with Crippen molar-refractivity contribution in [2.75, 3.05) is 7.11 Å². The van der Waals surface area contributed by atoms with E-state index < -0.39 is 17.4 Å². The second kappa shape index (κ2) is 7.38. The van der Waals surface area contributed by atoms with Crippen molar-refractivity contribution >= 4 is 18.0 Å². The van der Waals surface area contributed by atoms with Gasteiger partial charge in [0.25, 0.3) is 0 Å². The summed E-state index contributed by atoms with van der Waals surface area (Å²) in [6.45, 7) is 1.73. The number of carbonyl (C=O) groups is 2. The third-order valence-electron chi connectivity index (χ3n) is 4.45. The molecule has 2 rings (SSSR count). The molecular weight excluding hydrogens is 312 g/mol. The number of carboxylic acids is 1. The second-order valence-corrected chi connectivity index (χ2v) is 6.27. The fourth-order valence-electron chi connectivity index (χ4n) is 2.73. The molecular formula is C18H22O6. The normalized spacial score (nSPS) is 23.8. The number of phenols is 1. The first-order valence-electron chi connectivity index (χ1n) is 7.83. The fourth-order valence-corrected chi connectivity index (χ4v) is 2.73. The highest BCUT2D eigenvalue weighted by molar-refractivity contribution is 5.87. The van der Waals surface area contributed by atoms with Gasteiger partial charge in [0.1, 0.15) is 6.10 Å². The molecule has 130 valence electrons. The molecule has 0 aliphatic heterocycles. The fraction of sp³-hybridized carbons (Fsp3) is 0.444. The van der Waals surface area contributed by atoms with Crippen LogP contribution >= 0.6 is 0 Å². The topological polar surface area (TPSA) is 93.1 Å². The Labute approximate surface area is 140 Å². The van der Waals surface area contributed by atoms with Crippen molar-refractivity contribution in [2.45, 2.75) is 38.7 Å². The Balaban J connectivity index is 1.89. The Morgan fingerprint density at radius 2 is 1.96 bits per heavy atom. The van der Waals surface area contributed by atoms with Crippen LogP contribution in [0, 0.1) is 5.41 Å². The maximum absolute atomic E-state index is 11.9. The second-order valence-electron chi connectivity index (χ2n) is 6.27. The molecule has 1 saturated carbocycles. The molecule has 2 N–H and O–H groups in total. The van der Waals surface area contributed by atoms with Gasteiger partial charge < -0.3 is 19.7 Å². The van der Waals surface area contributed by atoms with Crippen LogP contribution in [-0.2, 0) is 14.3 Å². The molecule has 1 aliphatic rings. The standard InChI is InChI=1S/C18H22O6/c1-18(17(21)22)9-7-13(8-10-18)24-16(20)6-4-12-3-5-14(19)15(11-12)23-2/h3-6,11,13,19H,7-10H2,1-2H3,(H,21,22). The molecule has 0 spiro atoms. The van der Waals surface area contributed by atoms with Crippen LogP contribution in [0.5, 0.6) is 11.5 Å². The number of hydrogen-bond acceptors (Lipinski definition) is 5. The van der Waals surface area contributed by atoms with Crippen LogP contribution in [0.25, 0.3) is 6.08 Å². The van der Waals surface area contributed by atoms with Gasteiger partial charge in [0.05, 0.1) is 12.5 Å². The molecule has 0 unspecified atom stereocenters. The highest BCUT2D eigenvalue weighted by atomic mass is 16.5. The van der Waals surface area contributed by atoms with E-state index in [1.165, 1.54) is 19.3 Å². The van der Waals surface area contributed by atoms with Gasteiger partial charge in [-0.3, -0.25) is 4.79 Å². The summed E-state index contributed by atoms with van der Waals surface area (Å²) >= 11 is 0. The van der Waals surface area contributed by atoms with E-state index in [9.17, 15) is 19.8 Å². The molecule has 0 heterocycles. The maximum atomic E-state index is 11.9. The summed E-state index contributed by atoms with van der Waals surface area (Å²) in [6, 6.07) is 4.75. The van der Waals surface area contributed by atoms with Gasteiger partial charge >= 0.3 is 11.9 Å². The van der Waals surface area contributed by atoms with Gasteiger partial charge in [-0.1, -0.05) is 6.07 Å². The first kappa shape index (κ1) is 17.8. The summed E-state index contributed by atoms with van der Waals surface area (Å²) in [5, 5.41) is 18.7. The van der Waals surface area contributed by atoms with Gasteiger partial charge in [-0.15, -0.1) is 0 Å². The summed E-state index contributed by atoms with van der Waals surface area (Å²) in [6.07, 6.45) is 4.75. The third-order valence-corrected chi connectivity index (χ3v) is 4.45. The monoisotopic (exact) mass is 334 g/mol. The minimum absolute atomic E-state index is 0.0286. The number of methoxy groups -OCH3 is 1. The van der Waals surface area contributed by atoms with Crippen LogP contribution in [0.3, 0.4) is 0 Å². The maximum Gasteiger partial charge on any atom is 0.331 e. The molecule has 24 heavy (non-hydrogen) atoms. The smallest absolute Gasteiger partial charge is 0.331 e. The molecule has 6 heteroatoms. The number of rotatable bonds is 5. The van der Waals surface area contributed by atoms with Crippen LogP contribution in [-0.4, -0.2) is 35.4 Å². The lowest BCUT2D eigenvalue weighted by Crippen LogP contribution is -2.35. The Morgan fingerprint density at radius 1 is 1.29 bits per heavy atom. The summed E-state index contributed by atoms with van der Waals surface area (Å²) in [7, 11) is 1.45. The quantitative estimate of drug-likeness (QED) is 0.635. The van der Waals surface area contributed by atoms with Crippen molar-refractivity contribution in [3.63, 3.8) is 0 Å². The Morgan fingerprint density at radius 3 is 2.54 bits per heavy atom. The number of hydrogen-bond donors (Lipinski definition) is 2. The minimum Gasteiger partial charge on any atom is -0.504 e. The van der Waals surface area contributed by atoms with Gasteiger partial charge in [0, 0.05) is 6.08 Å². The SMILES string of the molecule is COc1cc(C=CC(=O)OC2CCC(C)(C(=O)O)CC2)ccc1O. The predicted molar refractivity (Wildman–Crippen MR) is 87.8 cm³/mol. The number of aliphatic carboxylic acids is 1. The minimum atomic E-state index is -0.798. The third kappa shape index (κ3) is 4.28. The van der Waals surface area contributed by atoms with Gasteiger partial charge in [-0.25, -0.2) is 4.79 Å². The summed E-state index contributed by atoms with van der Waals surface area (Å²) in [4.78, 5) is 23.1. The summed E-state index contributed by atoms with van der Waals surface area (Å²) < 4.78 is 10.4. The number of phenolic OH excluding ortho intramolecular Hbond substituents is 1. The van der Waals surface area contributed by atoms with Crippen molar-refractivity contribution in [3.05, 3.63) is 29.8 Å². The summed E-state index contributed by atoms with van der Waals surface area (Å²) in [5.41, 5.74) is -0.0230. The van der Waals surface area contributed by atoms with E-state index in [1.54, 1.807) is 25.1 Å². The van der Waals surface area contributed by atoms with Gasteiger partial charge in [0.2, 0.25) is 0 Å². The molecule has 6 nitrogen and oxygen atoms in total. The zero-order chi connectivity index (χ0) is 17.7. The van der Waals surface area contributed by atoms with Gasteiger partial charge in [-0.2, -0.15) is 0 Å². The number of benzene rings is 1. The molecule has 0 atom stereocenters. The number of carbonyl (C=O) groups excluding carboxylic acids is 1. The average molecular weight is 334 g/mol. The molecule has 1 aromatic rings. The van der Waals surface area contributed by atoms with Crippen molar-refractivity contribution in [2.24, 2.45) is 5.41 Å². The van der Waals surface area contributed by atoms with Crippen molar-refractivity contribution in [1.29, 1.82) is 0 Å². The van der Waals surface area contributed by atoms with Gasteiger partial charge in [-0.05, 0) is 56.4 Å². The van der Waals surface area contributed by atoms with Crippen LogP contribution < -0.4 is 4.74 Å². The van der Waals surface area contributed by atoms with Crippen molar-refractivity contribution < 1.29 is 29.3 Å². The average Bonchev–Trinajstić information content (AvgIpc) is 2.56. The van der Waals surface area contributed by atoms with E-state index in [-0.39, 0.29) is 11.9 Å². The Kier molecular flexibility index (Phi) is 5.49. The molecule has 1 fully saturated rings. The highest BCUT2D eigenvalue weighted by Gasteiger charge is 2.38. The lowest BCUT2D eigenvalue weighted by atomic mass is 9.75. The molecule has 0 amide bonds. The molecule has 1 aliphatic carbocycles. The van der Waals surface area contributed by atoms with E-state index in [4.69, 9.17) is 9.47 Å². The molecule has 0 radical (unpaired) electrons. The lowest BCUT2D eigenvalue weighted by molar-refractivity contribution is -0.154. The zero-order valence-corrected chi connectivity index (χ0v) is 13.8. The molecule has 0 bridgehead atoms. The summed E-state index contributed by atoms with van der Waals surface area (Å²) in [5.74, 6) is -0.911. The zero-order valence-electron chi connectivity index (χ0n) is 13.8. The van der Waals surface area contributed by atoms with Crippen LogP contribution in [0.15, 0.2) is 24.3 Å². The Hall–Kier alpha value is -2.50. The van der Waals surface area contributed by atoms with Crippen molar-refractivity contribution in [3.8, 4) is 11.5 Å². The molecule has 1 aromatic carbocycles. The van der Waals surface area contributed by atoms with E-state index in [0.29, 0.717) is 37.0 Å². The van der Waals surface area contributed by atoms with E-state index in [1.807, 2.05) is 0 Å². The number of aromatic hydroxyl groups is 1. The highest BCUT2D eigenvalue weighted by Crippen LogP contribution is 2.37. The van der Waals surface area contributed by atoms with E-state index in [0.717, 1.165) is 0 Å². The van der Waals surface area contributed by atoms with E-state index in [2.05, 4.69) is 0 Å². The molecule has 0 aromatic heterocycles.